The Morgan fingerprint density at radius 3 is 2.29 bits per heavy atom. The van der Waals surface area contributed by atoms with Gasteiger partial charge in [0, 0.05) is 13.3 Å². The number of aliphatic imine (C=N–C) groups is 1. The van der Waals surface area contributed by atoms with Gasteiger partial charge < -0.3 is 9.47 Å². The van der Waals surface area contributed by atoms with E-state index in [1.165, 1.54) is 0 Å². The van der Waals surface area contributed by atoms with Gasteiger partial charge in [-0.2, -0.15) is 0 Å². The van der Waals surface area contributed by atoms with Crippen molar-refractivity contribution in [2.24, 2.45) is 10.9 Å². The molecule has 0 amide bonds. The Labute approximate surface area is 103 Å². The maximum Gasteiger partial charge on any atom is 0.118 e. The second-order valence-electron chi connectivity index (χ2n) is 4.32. The lowest BCUT2D eigenvalue weighted by Crippen LogP contribution is -2.19. The van der Waals surface area contributed by atoms with Gasteiger partial charge in [-0.25, -0.2) is 0 Å². The Hall–Kier alpha value is -1.35. The van der Waals surface area contributed by atoms with Crippen LogP contribution in [-0.2, 0) is 4.74 Å². The molecule has 0 fully saturated rings. The third-order valence-corrected chi connectivity index (χ3v) is 2.64. The molecule has 0 aromatic heterocycles. The molecule has 0 aliphatic heterocycles. The Kier molecular flexibility index (Phi) is 5.70. The van der Waals surface area contributed by atoms with Crippen molar-refractivity contribution in [1.82, 2.24) is 0 Å². The molecule has 0 spiro atoms. The van der Waals surface area contributed by atoms with E-state index in [1.807, 2.05) is 30.5 Å². The summed E-state index contributed by atoms with van der Waals surface area (Å²) in [6.07, 6.45) is 1.89. The molecule has 94 valence electrons. The van der Waals surface area contributed by atoms with Crippen LogP contribution in [0.4, 0.5) is 0 Å². The van der Waals surface area contributed by atoms with Crippen LogP contribution in [0.3, 0.4) is 0 Å². The first-order valence-corrected chi connectivity index (χ1v) is 5.83. The van der Waals surface area contributed by atoms with Crippen LogP contribution in [0.5, 0.6) is 5.75 Å². The second kappa shape index (κ2) is 7.07. The Bertz CT molecular complexity index is 344. The fourth-order valence-electron chi connectivity index (χ4n) is 1.45. The standard InChI is InChI=1S/C14H21NO2/c1-11(2)14(10-16-3)15-9-12-5-7-13(17-4)8-6-12/h5-9,11,14H,10H2,1-4H3/t14-/m0/s1. The predicted octanol–water partition coefficient (Wildman–Crippen LogP) is 2.79. The highest BCUT2D eigenvalue weighted by molar-refractivity contribution is 5.79. The normalized spacial score (nSPS) is 13.2. The molecule has 1 atom stereocenters. The van der Waals surface area contributed by atoms with E-state index in [0.29, 0.717) is 12.5 Å². The van der Waals surface area contributed by atoms with Crippen molar-refractivity contribution in [3.05, 3.63) is 29.8 Å². The number of rotatable bonds is 6. The third-order valence-electron chi connectivity index (χ3n) is 2.64. The zero-order valence-corrected chi connectivity index (χ0v) is 11.0. The summed E-state index contributed by atoms with van der Waals surface area (Å²) in [5.74, 6) is 1.34. The lowest BCUT2D eigenvalue weighted by Gasteiger charge is -2.14. The average Bonchev–Trinajstić information content (AvgIpc) is 2.34. The topological polar surface area (TPSA) is 30.8 Å². The number of hydrogen-bond acceptors (Lipinski definition) is 3. The third kappa shape index (κ3) is 4.57. The van der Waals surface area contributed by atoms with Gasteiger partial charge in [0.05, 0.1) is 19.8 Å². The minimum absolute atomic E-state index is 0.210. The zero-order valence-electron chi connectivity index (χ0n) is 11.0. The minimum Gasteiger partial charge on any atom is -0.497 e. The molecule has 0 aliphatic rings. The number of ether oxygens (including phenoxy) is 2. The van der Waals surface area contributed by atoms with Gasteiger partial charge in [0.25, 0.3) is 0 Å². The van der Waals surface area contributed by atoms with Crippen molar-refractivity contribution in [3.63, 3.8) is 0 Å². The van der Waals surface area contributed by atoms with Gasteiger partial charge in [-0.3, -0.25) is 4.99 Å². The van der Waals surface area contributed by atoms with Crippen molar-refractivity contribution < 1.29 is 9.47 Å². The maximum atomic E-state index is 5.16. The highest BCUT2D eigenvalue weighted by atomic mass is 16.5. The first kappa shape index (κ1) is 13.7. The molecule has 0 saturated carbocycles. The van der Waals surface area contributed by atoms with E-state index in [9.17, 15) is 0 Å². The summed E-state index contributed by atoms with van der Waals surface area (Å²) in [7, 11) is 3.37. The number of methoxy groups -OCH3 is 2. The predicted molar refractivity (Wildman–Crippen MR) is 71.1 cm³/mol. The van der Waals surface area contributed by atoms with Crippen molar-refractivity contribution in [2.75, 3.05) is 20.8 Å². The van der Waals surface area contributed by atoms with Crippen LogP contribution in [0.15, 0.2) is 29.3 Å². The molecule has 3 nitrogen and oxygen atoms in total. The van der Waals surface area contributed by atoms with Gasteiger partial charge in [-0.1, -0.05) is 13.8 Å². The molecule has 1 aromatic carbocycles. The van der Waals surface area contributed by atoms with Gasteiger partial charge in [-0.05, 0) is 35.7 Å². The molecule has 0 saturated heterocycles. The molecule has 0 aliphatic carbocycles. The van der Waals surface area contributed by atoms with Gasteiger partial charge >= 0.3 is 0 Å². The molecule has 1 aromatic rings. The van der Waals surface area contributed by atoms with E-state index in [-0.39, 0.29) is 6.04 Å². The molecule has 0 unspecified atom stereocenters. The molecule has 1 rings (SSSR count). The molecule has 3 heteroatoms. The van der Waals surface area contributed by atoms with Crippen LogP contribution in [0.1, 0.15) is 19.4 Å². The molecule has 17 heavy (non-hydrogen) atoms. The maximum absolute atomic E-state index is 5.16. The number of nitrogens with zero attached hydrogens (tertiary/aromatic N) is 1. The molecule has 0 radical (unpaired) electrons. The van der Waals surface area contributed by atoms with Crippen LogP contribution in [0.25, 0.3) is 0 Å². The van der Waals surface area contributed by atoms with Crippen LogP contribution in [-0.4, -0.2) is 33.1 Å². The van der Waals surface area contributed by atoms with Crippen molar-refractivity contribution in [2.45, 2.75) is 19.9 Å². The summed E-state index contributed by atoms with van der Waals surface area (Å²) in [4.78, 5) is 4.55. The molecular formula is C14H21NO2. The summed E-state index contributed by atoms with van der Waals surface area (Å²) >= 11 is 0. The summed E-state index contributed by atoms with van der Waals surface area (Å²) in [5.41, 5.74) is 1.08. The first-order chi connectivity index (χ1) is 8.17. The lowest BCUT2D eigenvalue weighted by atomic mass is 10.1. The minimum atomic E-state index is 0.210. The second-order valence-corrected chi connectivity index (χ2v) is 4.32. The Balaban J connectivity index is 2.66. The van der Waals surface area contributed by atoms with Crippen LogP contribution in [0, 0.1) is 5.92 Å². The fourth-order valence-corrected chi connectivity index (χ4v) is 1.45. The van der Waals surface area contributed by atoms with Crippen molar-refractivity contribution in [3.8, 4) is 5.75 Å². The molecular weight excluding hydrogens is 214 g/mol. The molecule has 0 heterocycles. The monoisotopic (exact) mass is 235 g/mol. The Morgan fingerprint density at radius 2 is 1.82 bits per heavy atom. The van der Waals surface area contributed by atoms with E-state index in [2.05, 4.69) is 18.8 Å². The number of hydrogen-bond donors (Lipinski definition) is 0. The van der Waals surface area contributed by atoms with Gasteiger partial charge in [-0.15, -0.1) is 0 Å². The molecule has 0 bridgehead atoms. The summed E-state index contributed by atoms with van der Waals surface area (Å²) in [6, 6.07) is 8.06. The summed E-state index contributed by atoms with van der Waals surface area (Å²) in [6.45, 7) is 4.95. The fraction of sp³-hybridized carbons (Fsp3) is 0.500. The SMILES string of the molecule is COC[C@H](N=Cc1ccc(OC)cc1)C(C)C. The van der Waals surface area contributed by atoms with Gasteiger partial charge in [0.15, 0.2) is 0 Å². The van der Waals surface area contributed by atoms with E-state index in [4.69, 9.17) is 9.47 Å². The summed E-state index contributed by atoms with van der Waals surface area (Å²) < 4.78 is 10.3. The molecule has 0 N–H and O–H groups in total. The van der Waals surface area contributed by atoms with Crippen molar-refractivity contribution in [1.29, 1.82) is 0 Å². The van der Waals surface area contributed by atoms with Crippen LogP contribution >= 0.6 is 0 Å². The lowest BCUT2D eigenvalue weighted by molar-refractivity contribution is 0.165. The van der Waals surface area contributed by atoms with Crippen molar-refractivity contribution >= 4 is 6.21 Å². The smallest absolute Gasteiger partial charge is 0.118 e. The Morgan fingerprint density at radius 1 is 1.18 bits per heavy atom. The largest absolute Gasteiger partial charge is 0.497 e. The number of benzene rings is 1. The van der Waals surface area contributed by atoms with Gasteiger partial charge in [0.1, 0.15) is 5.75 Å². The summed E-state index contributed by atoms with van der Waals surface area (Å²) in [5, 5.41) is 0. The average molecular weight is 235 g/mol. The zero-order chi connectivity index (χ0) is 12.7. The highest BCUT2D eigenvalue weighted by Gasteiger charge is 2.09. The quantitative estimate of drug-likeness (QED) is 0.710. The first-order valence-electron chi connectivity index (χ1n) is 5.83. The van der Waals surface area contributed by atoms with E-state index in [0.717, 1.165) is 11.3 Å². The van der Waals surface area contributed by atoms with E-state index in [1.54, 1.807) is 14.2 Å². The van der Waals surface area contributed by atoms with Crippen LogP contribution in [0.2, 0.25) is 0 Å². The highest BCUT2D eigenvalue weighted by Crippen LogP contribution is 2.11. The van der Waals surface area contributed by atoms with Gasteiger partial charge in [0.2, 0.25) is 0 Å². The van der Waals surface area contributed by atoms with E-state index < -0.39 is 0 Å². The van der Waals surface area contributed by atoms with Crippen LogP contribution < -0.4 is 4.74 Å². The van der Waals surface area contributed by atoms with E-state index >= 15 is 0 Å².